The molecule has 0 bridgehead atoms. The van der Waals surface area contributed by atoms with Crippen molar-refractivity contribution >= 4 is 28.4 Å². The maximum Gasteiger partial charge on any atom is 0.261 e. The first-order valence-corrected chi connectivity index (χ1v) is 10.5. The monoisotopic (exact) mass is 424 g/mol. The molecule has 1 fully saturated rings. The van der Waals surface area contributed by atoms with E-state index in [1.807, 2.05) is 36.1 Å². The number of piperazine rings is 1. The van der Waals surface area contributed by atoms with Crippen molar-refractivity contribution in [3.05, 3.63) is 74.8 Å². The highest BCUT2D eigenvalue weighted by molar-refractivity contribution is 6.31. The number of nitrogens with zero attached hydrogens (tertiary/aromatic N) is 4. The van der Waals surface area contributed by atoms with Crippen LogP contribution in [0.4, 0.5) is 0 Å². The molecule has 3 aromatic rings. The smallest absolute Gasteiger partial charge is 0.261 e. The SMILES string of the molecule is Cc1ccc(C(=O)N2CCN(C(C)c3nc4ccc(Cl)cc4c(=O)n3C)CC2)cc1. The molecule has 0 aliphatic carbocycles. The Balaban J connectivity index is 1.50. The number of hydrogen-bond donors (Lipinski definition) is 0. The van der Waals surface area contributed by atoms with Gasteiger partial charge in [0, 0.05) is 43.8 Å². The van der Waals surface area contributed by atoms with Gasteiger partial charge in [0.05, 0.1) is 16.9 Å². The number of carbonyl (C=O) groups excluding carboxylic acids is 1. The summed E-state index contributed by atoms with van der Waals surface area (Å²) in [6, 6.07) is 12.8. The van der Waals surface area contributed by atoms with Crippen LogP contribution in [-0.4, -0.2) is 51.4 Å². The molecule has 1 unspecified atom stereocenters. The molecule has 6 nitrogen and oxygen atoms in total. The fraction of sp³-hybridized carbons (Fsp3) is 0.348. The number of rotatable bonds is 3. The Morgan fingerprint density at radius 2 is 1.73 bits per heavy atom. The summed E-state index contributed by atoms with van der Waals surface area (Å²) in [6.07, 6.45) is 0. The minimum atomic E-state index is -0.0995. The zero-order chi connectivity index (χ0) is 21.4. The Bertz CT molecular complexity index is 1150. The maximum absolute atomic E-state index is 12.8. The van der Waals surface area contributed by atoms with Crippen molar-refractivity contribution in [2.75, 3.05) is 26.2 Å². The molecule has 1 aliphatic heterocycles. The molecule has 1 atom stereocenters. The summed E-state index contributed by atoms with van der Waals surface area (Å²) in [5.41, 5.74) is 2.41. The molecular weight excluding hydrogens is 400 g/mol. The van der Waals surface area contributed by atoms with Crippen molar-refractivity contribution in [3.8, 4) is 0 Å². The quantitative estimate of drug-likeness (QED) is 0.646. The van der Waals surface area contributed by atoms with Gasteiger partial charge in [0.2, 0.25) is 0 Å². The van der Waals surface area contributed by atoms with Crippen LogP contribution in [0.2, 0.25) is 5.02 Å². The molecule has 1 saturated heterocycles. The zero-order valence-corrected chi connectivity index (χ0v) is 18.2. The van der Waals surface area contributed by atoms with E-state index in [2.05, 4.69) is 11.8 Å². The minimum Gasteiger partial charge on any atom is -0.336 e. The van der Waals surface area contributed by atoms with Crippen LogP contribution in [0.25, 0.3) is 10.9 Å². The van der Waals surface area contributed by atoms with E-state index >= 15 is 0 Å². The number of hydrogen-bond acceptors (Lipinski definition) is 4. The Morgan fingerprint density at radius 1 is 1.07 bits per heavy atom. The van der Waals surface area contributed by atoms with E-state index in [9.17, 15) is 9.59 Å². The van der Waals surface area contributed by atoms with Crippen LogP contribution < -0.4 is 5.56 Å². The third kappa shape index (κ3) is 3.85. The predicted octanol–water partition coefficient (Wildman–Crippen LogP) is 3.41. The fourth-order valence-corrected chi connectivity index (χ4v) is 4.16. The average Bonchev–Trinajstić information content (AvgIpc) is 2.76. The van der Waals surface area contributed by atoms with Gasteiger partial charge in [-0.05, 0) is 44.2 Å². The summed E-state index contributed by atoms with van der Waals surface area (Å²) >= 11 is 6.04. The van der Waals surface area contributed by atoms with Crippen molar-refractivity contribution in [2.24, 2.45) is 7.05 Å². The molecular formula is C23H25ClN4O2. The number of benzene rings is 2. The lowest BCUT2D eigenvalue weighted by atomic mass is 10.1. The Labute approximate surface area is 180 Å². The van der Waals surface area contributed by atoms with Crippen LogP contribution in [0.15, 0.2) is 47.3 Å². The van der Waals surface area contributed by atoms with Crippen molar-refractivity contribution in [2.45, 2.75) is 19.9 Å². The molecule has 0 spiro atoms. The van der Waals surface area contributed by atoms with Gasteiger partial charge >= 0.3 is 0 Å². The number of aromatic nitrogens is 2. The van der Waals surface area contributed by atoms with E-state index in [4.69, 9.17) is 16.6 Å². The summed E-state index contributed by atoms with van der Waals surface area (Å²) in [4.78, 5) is 34.5. The Kier molecular flexibility index (Phi) is 5.62. The van der Waals surface area contributed by atoms with Gasteiger partial charge in [-0.15, -0.1) is 0 Å². The first-order chi connectivity index (χ1) is 14.3. The van der Waals surface area contributed by atoms with Crippen LogP contribution in [0.1, 0.15) is 34.7 Å². The van der Waals surface area contributed by atoms with Crippen molar-refractivity contribution in [1.29, 1.82) is 0 Å². The molecule has 1 aliphatic rings. The number of amides is 1. The third-order valence-corrected chi connectivity index (χ3v) is 6.13. The van der Waals surface area contributed by atoms with Gasteiger partial charge in [0.25, 0.3) is 11.5 Å². The number of aryl methyl sites for hydroxylation is 1. The summed E-state index contributed by atoms with van der Waals surface area (Å²) in [7, 11) is 1.75. The first-order valence-electron chi connectivity index (χ1n) is 10.1. The van der Waals surface area contributed by atoms with E-state index in [-0.39, 0.29) is 17.5 Å². The lowest BCUT2D eigenvalue weighted by Gasteiger charge is -2.38. The Hall–Kier alpha value is -2.70. The fourth-order valence-electron chi connectivity index (χ4n) is 3.99. The van der Waals surface area contributed by atoms with E-state index in [1.165, 1.54) is 0 Å². The highest BCUT2D eigenvalue weighted by Crippen LogP contribution is 2.22. The average molecular weight is 425 g/mol. The molecule has 0 saturated carbocycles. The summed E-state index contributed by atoms with van der Waals surface area (Å²) < 4.78 is 1.60. The number of fused-ring (bicyclic) bond motifs is 1. The molecule has 0 radical (unpaired) electrons. The molecule has 156 valence electrons. The first kappa shape index (κ1) is 20.6. The van der Waals surface area contributed by atoms with E-state index in [0.717, 1.165) is 24.2 Å². The summed E-state index contributed by atoms with van der Waals surface area (Å²) in [5, 5.41) is 1.05. The summed E-state index contributed by atoms with van der Waals surface area (Å²) in [5.74, 6) is 0.781. The lowest BCUT2D eigenvalue weighted by Crippen LogP contribution is -2.49. The van der Waals surface area contributed by atoms with Crippen molar-refractivity contribution < 1.29 is 4.79 Å². The van der Waals surface area contributed by atoms with Gasteiger partial charge in [0.15, 0.2) is 0 Å². The molecule has 1 amide bonds. The van der Waals surface area contributed by atoms with Crippen LogP contribution in [0.3, 0.4) is 0 Å². The predicted molar refractivity (Wildman–Crippen MR) is 119 cm³/mol. The van der Waals surface area contributed by atoms with Crippen molar-refractivity contribution in [1.82, 2.24) is 19.4 Å². The number of halogens is 1. The zero-order valence-electron chi connectivity index (χ0n) is 17.4. The molecule has 4 rings (SSSR count). The van der Waals surface area contributed by atoms with Gasteiger partial charge in [-0.3, -0.25) is 19.1 Å². The molecule has 1 aromatic heterocycles. The van der Waals surface area contributed by atoms with Gasteiger partial charge in [-0.2, -0.15) is 0 Å². The molecule has 30 heavy (non-hydrogen) atoms. The second-order valence-corrected chi connectivity index (χ2v) is 8.30. The third-order valence-electron chi connectivity index (χ3n) is 5.89. The van der Waals surface area contributed by atoms with Crippen LogP contribution in [-0.2, 0) is 7.05 Å². The minimum absolute atomic E-state index is 0.0422. The van der Waals surface area contributed by atoms with E-state index < -0.39 is 0 Å². The normalized spacial score (nSPS) is 16.1. The second-order valence-electron chi connectivity index (χ2n) is 7.87. The molecule has 7 heteroatoms. The van der Waals surface area contributed by atoms with Crippen LogP contribution >= 0.6 is 11.6 Å². The Morgan fingerprint density at radius 3 is 2.40 bits per heavy atom. The van der Waals surface area contributed by atoms with E-state index in [0.29, 0.717) is 34.8 Å². The van der Waals surface area contributed by atoms with Gasteiger partial charge < -0.3 is 4.90 Å². The summed E-state index contributed by atoms with van der Waals surface area (Å²) in [6.45, 7) is 6.82. The highest BCUT2D eigenvalue weighted by atomic mass is 35.5. The molecule has 0 N–H and O–H groups in total. The van der Waals surface area contributed by atoms with Crippen LogP contribution in [0.5, 0.6) is 0 Å². The topological polar surface area (TPSA) is 58.4 Å². The van der Waals surface area contributed by atoms with Gasteiger partial charge in [0.1, 0.15) is 5.82 Å². The van der Waals surface area contributed by atoms with Crippen LogP contribution in [0, 0.1) is 6.92 Å². The lowest BCUT2D eigenvalue weighted by molar-refractivity contribution is 0.0572. The standard InChI is InChI=1S/C23H25ClN4O2/c1-15-4-6-17(7-5-15)22(29)28-12-10-27(11-13-28)16(2)21-25-20-9-8-18(24)14-19(20)23(30)26(21)3/h4-9,14,16H,10-13H2,1-3H3. The van der Waals surface area contributed by atoms with E-state index in [1.54, 1.807) is 29.8 Å². The second kappa shape index (κ2) is 8.20. The van der Waals surface area contributed by atoms with Gasteiger partial charge in [-0.1, -0.05) is 29.3 Å². The van der Waals surface area contributed by atoms with Gasteiger partial charge in [-0.25, -0.2) is 4.98 Å². The number of carbonyl (C=O) groups is 1. The molecule has 2 aromatic carbocycles. The highest BCUT2D eigenvalue weighted by Gasteiger charge is 2.27. The van der Waals surface area contributed by atoms with Crippen molar-refractivity contribution in [3.63, 3.8) is 0 Å². The largest absolute Gasteiger partial charge is 0.336 e. The maximum atomic E-state index is 12.8. The molecule has 2 heterocycles.